The van der Waals surface area contributed by atoms with Crippen LogP contribution < -0.4 is 16.0 Å². The summed E-state index contributed by atoms with van der Waals surface area (Å²) in [7, 11) is 0. The summed E-state index contributed by atoms with van der Waals surface area (Å²) in [5.41, 5.74) is 6.83. The molecule has 2 aliphatic rings. The number of anilines is 2. The molecular formula is C13H20N4O. The maximum absolute atomic E-state index is 11.7. The Labute approximate surface area is 107 Å². The van der Waals surface area contributed by atoms with Gasteiger partial charge in [0.1, 0.15) is 5.82 Å². The number of hydrogen-bond donors (Lipinski definition) is 3. The Morgan fingerprint density at radius 3 is 3.00 bits per heavy atom. The second-order valence-corrected chi connectivity index (χ2v) is 5.39. The van der Waals surface area contributed by atoms with E-state index in [4.69, 9.17) is 5.73 Å². The number of aromatic nitrogens is 1. The lowest BCUT2D eigenvalue weighted by molar-refractivity contribution is -0.117. The van der Waals surface area contributed by atoms with E-state index < -0.39 is 0 Å². The molecule has 4 N–H and O–H groups in total. The van der Waals surface area contributed by atoms with Gasteiger partial charge in [-0.15, -0.1) is 0 Å². The Hall–Kier alpha value is -1.49. The summed E-state index contributed by atoms with van der Waals surface area (Å²) < 4.78 is 0. The number of carbonyl (C=O) groups excluding carboxylic acids is 1. The van der Waals surface area contributed by atoms with Crippen LogP contribution in [0, 0.1) is 5.92 Å². The molecular weight excluding hydrogens is 228 g/mol. The maximum Gasteiger partial charge on any atom is 0.227 e. The summed E-state index contributed by atoms with van der Waals surface area (Å²) in [6.07, 6.45) is 6.15. The van der Waals surface area contributed by atoms with Crippen molar-refractivity contribution < 1.29 is 4.79 Å². The molecule has 1 saturated heterocycles. The van der Waals surface area contributed by atoms with Crippen LogP contribution in [-0.4, -0.2) is 30.0 Å². The number of carbonyl (C=O) groups is 1. The van der Waals surface area contributed by atoms with Crippen molar-refractivity contribution in [2.45, 2.75) is 31.7 Å². The number of H-pyrrole nitrogens is 1. The summed E-state index contributed by atoms with van der Waals surface area (Å²) >= 11 is 0. The lowest BCUT2D eigenvalue weighted by Crippen LogP contribution is -2.42. The van der Waals surface area contributed by atoms with Gasteiger partial charge in [0.05, 0.1) is 5.69 Å². The summed E-state index contributed by atoms with van der Waals surface area (Å²) in [5, 5.41) is 2.95. The second-order valence-electron chi connectivity index (χ2n) is 5.39. The lowest BCUT2D eigenvalue weighted by atomic mass is 10.1. The summed E-state index contributed by atoms with van der Waals surface area (Å²) in [5.74, 6) is 1.44. The van der Waals surface area contributed by atoms with Crippen molar-refractivity contribution in [1.82, 2.24) is 4.98 Å². The van der Waals surface area contributed by atoms with E-state index in [-0.39, 0.29) is 17.9 Å². The Morgan fingerprint density at radius 2 is 2.28 bits per heavy atom. The van der Waals surface area contributed by atoms with Gasteiger partial charge in [0.15, 0.2) is 0 Å². The zero-order valence-electron chi connectivity index (χ0n) is 10.5. The van der Waals surface area contributed by atoms with Gasteiger partial charge in [-0.3, -0.25) is 4.79 Å². The van der Waals surface area contributed by atoms with Gasteiger partial charge in [-0.05, 0) is 25.7 Å². The number of amides is 1. The molecule has 1 amide bonds. The van der Waals surface area contributed by atoms with Gasteiger partial charge < -0.3 is 20.9 Å². The van der Waals surface area contributed by atoms with E-state index in [9.17, 15) is 4.79 Å². The van der Waals surface area contributed by atoms with E-state index >= 15 is 0 Å². The minimum Gasteiger partial charge on any atom is -0.357 e. The van der Waals surface area contributed by atoms with Gasteiger partial charge in [0.2, 0.25) is 5.91 Å². The molecule has 1 unspecified atom stereocenters. The highest BCUT2D eigenvalue weighted by atomic mass is 16.2. The molecule has 5 nitrogen and oxygen atoms in total. The van der Waals surface area contributed by atoms with Crippen LogP contribution in [0.15, 0.2) is 12.3 Å². The van der Waals surface area contributed by atoms with Crippen LogP contribution in [0.4, 0.5) is 11.5 Å². The first-order valence-electron chi connectivity index (χ1n) is 6.72. The van der Waals surface area contributed by atoms with Crippen molar-refractivity contribution in [3.63, 3.8) is 0 Å². The first-order valence-corrected chi connectivity index (χ1v) is 6.72. The fraction of sp³-hybridized carbons (Fsp3) is 0.615. The van der Waals surface area contributed by atoms with Gasteiger partial charge in [0.25, 0.3) is 0 Å². The monoisotopic (exact) mass is 248 g/mol. The molecule has 1 aromatic rings. The van der Waals surface area contributed by atoms with Crippen LogP contribution in [0.2, 0.25) is 0 Å². The molecule has 0 spiro atoms. The molecule has 18 heavy (non-hydrogen) atoms. The van der Waals surface area contributed by atoms with Crippen LogP contribution in [-0.2, 0) is 4.79 Å². The number of aromatic amines is 1. The van der Waals surface area contributed by atoms with Gasteiger partial charge in [-0.2, -0.15) is 0 Å². The smallest absolute Gasteiger partial charge is 0.227 e. The number of nitrogens with zero attached hydrogens (tertiary/aromatic N) is 1. The molecule has 1 aliphatic heterocycles. The molecule has 5 heteroatoms. The normalized spacial score (nSPS) is 24.1. The van der Waals surface area contributed by atoms with E-state index in [1.165, 1.54) is 0 Å². The zero-order chi connectivity index (χ0) is 12.5. The SMILES string of the molecule is NC1CCCN(c2cc(NC(=O)C3CC3)c[nH]2)C1. The van der Waals surface area contributed by atoms with Crippen molar-refractivity contribution in [2.75, 3.05) is 23.3 Å². The number of piperidine rings is 1. The Balaban J connectivity index is 1.63. The van der Waals surface area contributed by atoms with Crippen LogP contribution in [0.5, 0.6) is 0 Å². The molecule has 0 bridgehead atoms. The largest absolute Gasteiger partial charge is 0.357 e. The van der Waals surface area contributed by atoms with Crippen molar-refractivity contribution >= 4 is 17.4 Å². The number of hydrogen-bond acceptors (Lipinski definition) is 3. The lowest BCUT2D eigenvalue weighted by Gasteiger charge is -2.31. The predicted molar refractivity (Wildman–Crippen MR) is 71.6 cm³/mol. The fourth-order valence-corrected chi connectivity index (χ4v) is 2.46. The van der Waals surface area contributed by atoms with Crippen molar-refractivity contribution in [3.05, 3.63) is 12.3 Å². The topological polar surface area (TPSA) is 74.2 Å². The molecule has 3 rings (SSSR count). The third kappa shape index (κ3) is 2.51. The van der Waals surface area contributed by atoms with Gasteiger partial charge >= 0.3 is 0 Å². The molecule has 1 saturated carbocycles. The summed E-state index contributed by atoms with van der Waals surface area (Å²) in [6, 6.07) is 2.25. The number of rotatable bonds is 3. The van der Waals surface area contributed by atoms with Crippen LogP contribution >= 0.6 is 0 Å². The van der Waals surface area contributed by atoms with E-state index in [2.05, 4.69) is 15.2 Å². The molecule has 1 aromatic heterocycles. The van der Waals surface area contributed by atoms with E-state index in [0.29, 0.717) is 0 Å². The minimum atomic E-state index is 0.149. The number of nitrogens with one attached hydrogen (secondary N) is 2. The molecule has 98 valence electrons. The molecule has 0 radical (unpaired) electrons. The third-order valence-corrected chi connectivity index (χ3v) is 3.68. The highest BCUT2D eigenvalue weighted by molar-refractivity contribution is 5.94. The Bertz CT molecular complexity index is 438. The molecule has 2 heterocycles. The standard InChI is InChI=1S/C13H20N4O/c14-10-2-1-5-17(8-10)12-6-11(7-15-12)16-13(18)9-3-4-9/h6-7,9-10,15H,1-5,8,14H2,(H,16,18). The van der Waals surface area contributed by atoms with Gasteiger partial charge in [-0.1, -0.05) is 0 Å². The predicted octanol–water partition coefficient (Wildman–Crippen LogP) is 1.29. The molecule has 2 fully saturated rings. The Morgan fingerprint density at radius 1 is 1.44 bits per heavy atom. The Kier molecular flexibility index (Phi) is 2.99. The second kappa shape index (κ2) is 4.65. The summed E-state index contributed by atoms with van der Waals surface area (Å²) in [4.78, 5) is 17.1. The van der Waals surface area contributed by atoms with Gasteiger partial charge in [0, 0.05) is 37.3 Å². The van der Waals surface area contributed by atoms with Gasteiger partial charge in [-0.25, -0.2) is 0 Å². The summed E-state index contributed by atoms with van der Waals surface area (Å²) in [6.45, 7) is 1.92. The highest BCUT2D eigenvalue weighted by Gasteiger charge is 2.29. The maximum atomic E-state index is 11.7. The molecule has 1 atom stereocenters. The average Bonchev–Trinajstić information content (AvgIpc) is 3.10. The highest BCUT2D eigenvalue weighted by Crippen LogP contribution is 2.30. The van der Waals surface area contributed by atoms with Crippen LogP contribution in [0.1, 0.15) is 25.7 Å². The van der Waals surface area contributed by atoms with Crippen LogP contribution in [0.3, 0.4) is 0 Å². The average molecular weight is 248 g/mol. The van der Waals surface area contributed by atoms with Crippen LogP contribution in [0.25, 0.3) is 0 Å². The van der Waals surface area contributed by atoms with Crippen molar-refractivity contribution in [3.8, 4) is 0 Å². The first-order chi connectivity index (χ1) is 8.72. The van der Waals surface area contributed by atoms with Crippen molar-refractivity contribution in [1.29, 1.82) is 0 Å². The molecule has 0 aromatic carbocycles. The first kappa shape index (κ1) is 11.6. The third-order valence-electron chi connectivity index (χ3n) is 3.68. The van der Waals surface area contributed by atoms with E-state index in [0.717, 1.165) is 50.3 Å². The quantitative estimate of drug-likeness (QED) is 0.754. The fourth-order valence-electron chi connectivity index (χ4n) is 2.46. The zero-order valence-corrected chi connectivity index (χ0v) is 10.5. The van der Waals surface area contributed by atoms with Crippen molar-refractivity contribution in [2.24, 2.45) is 11.7 Å². The van der Waals surface area contributed by atoms with E-state index in [1.54, 1.807) is 0 Å². The number of nitrogens with two attached hydrogens (primary N) is 1. The minimum absolute atomic E-state index is 0.149. The van der Waals surface area contributed by atoms with E-state index in [1.807, 2.05) is 12.3 Å². The molecule has 1 aliphatic carbocycles.